The Hall–Kier alpha value is -1.81. The van der Waals surface area contributed by atoms with E-state index in [4.69, 9.17) is 4.42 Å². The second-order valence-corrected chi connectivity index (χ2v) is 4.42. The zero-order valence-corrected chi connectivity index (χ0v) is 9.14. The Morgan fingerprint density at radius 3 is 2.94 bits per heavy atom. The summed E-state index contributed by atoms with van der Waals surface area (Å²) in [5.74, 6) is 0.0800. The molecule has 1 atom stereocenters. The van der Waals surface area contributed by atoms with Gasteiger partial charge in [0.2, 0.25) is 0 Å². The predicted octanol–water partition coefficient (Wildman–Crippen LogP) is 1.35. The number of phenolic OH excluding ortho intramolecular Hbond substituents is 1. The second-order valence-electron chi connectivity index (χ2n) is 4.42. The Kier molecular flexibility index (Phi) is 2.19. The summed E-state index contributed by atoms with van der Waals surface area (Å²) >= 11 is 0. The molecule has 17 heavy (non-hydrogen) atoms. The molecule has 1 aliphatic carbocycles. The maximum atomic E-state index is 11.8. The van der Waals surface area contributed by atoms with Crippen molar-refractivity contribution >= 4 is 11.0 Å². The number of phenols is 1. The molecule has 1 aromatic carbocycles. The topological polar surface area (TPSA) is 70.7 Å². The van der Waals surface area contributed by atoms with Crippen molar-refractivity contribution < 1.29 is 14.6 Å². The van der Waals surface area contributed by atoms with Gasteiger partial charge in [0.15, 0.2) is 0 Å². The third-order valence-corrected chi connectivity index (χ3v) is 3.27. The summed E-state index contributed by atoms with van der Waals surface area (Å²) in [6.07, 6.45) is 1.23. The van der Waals surface area contributed by atoms with Gasteiger partial charge in [0.05, 0.1) is 6.10 Å². The standard InChI is InChI=1S/C13H12O4/c14-7-1-3-9-10-4-2-8(15)6-12(10)17-13(16)11(9)5-7/h2,4,6-7,14-15H,1,3,5H2. The van der Waals surface area contributed by atoms with Gasteiger partial charge in [-0.2, -0.15) is 0 Å². The fourth-order valence-corrected chi connectivity index (χ4v) is 2.43. The van der Waals surface area contributed by atoms with Crippen LogP contribution in [0.4, 0.5) is 0 Å². The maximum Gasteiger partial charge on any atom is 0.339 e. The van der Waals surface area contributed by atoms with Crippen molar-refractivity contribution in [2.75, 3.05) is 0 Å². The first-order chi connectivity index (χ1) is 8.15. The van der Waals surface area contributed by atoms with Crippen LogP contribution in [0.1, 0.15) is 17.5 Å². The Morgan fingerprint density at radius 1 is 1.29 bits per heavy atom. The average molecular weight is 232 g/mol. The molecule has 1 aromatic heterocycles. The van der Waals surface area contributed by atoms with Gasteiger partial charge in [-0.25, -0.2) is 4.79 Å². The average Bonchev–Trinajstić information content (AvgIpc) is 2.29. The Labute approximate surface area is 97.1 Å². The summed E-state index contributed by atoms with van der Waals surface area (Å²) in [5.41, 5.74) is 1.52. The summed E-state index contributed by atoms with van der Waals surface area (Å²) in [5, 5.41) is 19.8. The highest BCUT2D eigenvalue weighted by Crippen LogP contribution is 2.28. The highest BCUT2D eigenvalue weighted by Gasteiger charge is 2.22. The molecular formula is C13H12O4. The van der Waals surface area contributed by atoms with Crippen LogP contribution in [-0.2, 0) is 12.8 Å². The smallest absolute Gasteiger partial charge is 0.339 e. The lowest BCUT2D eigenvalue weighted by atomic mass is 9.89. The van der Waals surface area contributed by atoms with Crippen molar-refractivity contribution in [3.8, 4) is 5.75 Å². The molecule has 4 heteroatoms. The van der Waals surface area contributed by atoms with Crippen LogP contribution in [0.25, 0.3) is 11.0 Å². The molecule has 1 heterocycles. The molecule has 3 rings (SSSR count). The first-order valence-electron chi connectivity index (χ1n) is 5.61. The molecule has 0 saturated heterocycles. The lowest BCUT2D eigenvalue weighted by molar-refractivity contribution is 0.157. The highest BCUT2D eigenvalue weighted by atomic mass is 16.4. The first-order valence-corrected chi connectivity index (χ1v) is 5.61. The van der Waals surface area contributed by atoms with Gasteiger partial charge in [0, 0.05) is 23.4 Å². The van der Waals surface area contributed by atoms with Gasteiger partial charge in [-0.1, -0.05) is 0 Å². The third-order valence-electron chi connectivity index (χ3n) is 3.27. The van der Waals surface area contributed by atoms with Crippen molar-refractivity contribution in [2.45, 2.75) is 25.4 Å². The van der Waals surface area contributed by atoms with Crippen molar-refractivity contribution in [3.63, 3.8) is 0 Å². The fraction of sp³-hybridized carbons (Fsp3) is 0.308. The Balaban J connectivity index is 2.35. The van der Waals surface area contributed by atoms with Crippen molar-refractivity contribution in [1.82, 2.24) is 0 Å². The van der Waals surface area contributed by atoms with E-state index in [0.717, 1.165) is 10.9 Å². The monoisotopic (exact) mass is 232 g/mol. The van der Waals surface area contributed by atoms with Gasteiger partial charge in [0.1, 0.15) is 11.3 Å². The minimum atomic E-state index is -0.458. The zero-order valence-electron chi connectivity index (χ0n) is 9.14. The molecule has 0 amide bonds. The molecule has 1 aliphatic rings. The van der Waals surface area contributed by atoms with Crippen LogP contribution >= 0.6 is 0 Å². The summed E-state index contributed by atoms with van der Waals surface area (Å²) in [7, 11) is 0. The number of aromatic hydroxyl groups is 1. The predicted molar refractivity (Wildman–Crippen MR) is 62.2 cm³/mol. The van der Waals surface area contributed by atoms with E-state index in [2.05, 4.69) is 0 Å². The molecular weight excluding hydrogens is 220 g/mol. The van der Waals surface area contributed by atoms with Crippen LogP contribution in [0.2, 0.25) is 0 Å². The summed E-state index contributed by atoms with van der Waals surface area (Å²) in [4.78, 5) is 11.8. The molecule has 4 nitrogen and oxygen atoms in total. The SMILES string of the molecule is O=c1oc2cc(O)ccc2c2c1CC(O)CC2. The van der Waals surface area contributed by atoms with Gasteiger partial charge in [-0.05, 0) is 30.5 Å². The van der Waals surface area contributed by atoms with Crippen LogP contribution in [0.15, 0.2) is 27.4 Å². The van der Waals surface area contributed by atoms with E-state index in [0.29, 0.717) is 30.4 Å². The van der Waals surface area contributed by atoms with Crippen LogP contribution in [0.3, 0.4) is 0 Å². The van der Waals surface area contributed by atoms with E-state index in [9.17, 15) is 15.0 Å². The number of aryl methyl sites for hydroxylation is 1. The van der Waals surface area contributed by atoms with E-state index in [1.54, 1.807) is 12.1 Å². The molecule has 0 radical (unpaired) electrons. The molecule has 1 unspecified atom stereocenters. The van der Waals surface area contributed by atoms with Gasteiger partial charge < -0.3 is 14.6 Å². The Morgan fingerprint density at radius 2 is 2.12 bits per heavy atom. The lowest BCUT2D eigenvalue weighted by Crippen LogP contribution is -2.25. The fourth-order valence-electron chi connectivity index (χ4n) is 2.43. The van der Waals surface area contributed by atoms with E-state index in [1.807, 2.05) is 0 Å². The summed E-state index contributed by atoms with van der Waals surface area (Å²) < 4.78 is 5.16. The van der Waals surface area contributed by atoms with Gasteiger partial charge in [-0.3, -0.25) is 0 Å². The van der Waals surface area contributed by atoms with Gasteiger partial charge in [-0.15, -0.1) is 0 Å². The second kappa shape index (κ2) is 3.60. The quantitative estimate of drug-likeness (QED) is 0.672. The minimum Gasteiger partial charge on any atom is -0.508 e. The zero-order chi connectivity index (χ0) is 12.0. The Bertz CT molecular complexity index is 642. The largest absolute Gasteiger partial charge is 0.508 e. The number of benzene rings is 1. The maximum absolute atomic E-state index is 11.8. The first kappa shape index (κ1) is 10.4. The van der Waals surface area contributed by atoms with Gasteiger partial charge in [0.25, 0.3) is 0 Å². The van der Waals surface area contributed by atoms with E-state index >= 15 is 0 Å². The normalized spacial score (nSPS) is 19.2. The van der Waals surface area contributed by atoms with Gasteiger partial charge >= 0.3 is 5.63 Å². The minimum absolute atomic E-state index is 0.0800. The molecule has 0 fully saturated rings. The van der Waals surface area contributed by atoms with Crippen LogP contribution < -0.4 is 5.63 Å². The molecule has 2 aromatic rings. The van der Waals surface area contributed by atoms with Crippen molar-refractivity contribution in [2.24, 2.45) is 0 Å². The number of hydrogen-bond acceptors (Lipinski definition) is 4. The molecule has 0 spiro atoms. The van der Waals surface area contributed by atoms with E-state index in [-0.39, 0.29) is 5.75 Å². The number of rotatable bonds is 0. The van der Waals surface area contributed by atoms with Crippen molar-refractivity contribution in [3.05, 3.63) is 39.7 Å². The van der Waals surface area contributed by atoms with E-state index in [1.165, 1.54) is 6.07 Å². The van der Waals surface area contributed by atoms with Crippen molar-refractivity contribution in [1.29, 1.82) is 0 Å². The van der Waals surface area contributed by atoms with Crippen LogP contribution in [0, 0.1) is 0 Å². The third kappa shape index (κ3) is 1.61. The molecule has 88 valence electrons. The van der Waals surface area contributed by atoms with Crippen LogP contribution in [-0.4, -0.2) is 16.3 Å². The molecule has 0 saturated carbocycles. The molecule has 0 aliphatic heterocycles. The highest BCUT2D eigenvalue weighted by molar-refractivity contribution is 5.82. The number of aliphatic hydroxyl groups excluding tert-OH is 1. The van der Waals surface area contributed by atoms with Crippen LogP contribution in [0.5, 0.6) is 5.75 Å². The number of aliphatic hydroxyl groups is 1. The lowest BCUT2D eigenvalue weighted by Gasteiger charge is -2.20. The summed E-state index contributed by atoms with van der Waals surface area (Å²) in [6.45, 7) is 0. The molecule has 0 bridgehead atoms. The van der Waals surface area contributed by atoms with E-state index < -0.39 is 11.7 Å². The number of hydrogen-bond donors (Lipinski definition) is 2. The number of fused-ring (bicyclic) bond motifs is 3. The summed E-state index contributed by atoms with van der Waals surface area (Å²) in [6, 6.07) is 4.78. The molecule has 2 N–H and O–H groups in total.